The van der Waals surface area contributed by atoms with E-state index in [2.05, 4.69) is 11.8 Å². The lowest BCUT2D eigenvalue weighted by Gasteiger charge is -2.34. The molecule has 26 heavy (non-hydrogen) atoms. The van der Waals surface area contributed by atoms with Crippen LogP contribution in [0, 0.1) is 40.4 Å². The Kier molecular flexibility index (Phi) is 3.46. The van der Waals surface area contributed by atoms with Crippen LogP contribution in [0.4, 0.5) is 0 Å². The number of piperidine rings is 1. The molecule has 6 aliphatic rings. The highest BCUT2D eigenvalue weighted by atomic mass is 16.6. The topological polar surface area (TPSA) is 29.5 Å². The van der Waals surface area contributed by atoms with Crippen LogP contribution in [0.25, 0.3) is 0 Å². The second-order valence-corrected chi connectivity index (χ2v) is 11.1. The maximum Gasteiger partial charge on any atom is 0.310 e. The number of carbonyl (C=O) groups is 1. The first kappa shape index (κ1) is 16.4. The van der Waals surface area contributed by atoms with Crippen LogP contribution in [-0.2, 0) is 9.53 Å². The zero-order chi connectivity index (χ0) is 17.5. The van der Waals surface area contributed by atoms with Crippen LogP contribution in [0.3, 0.4) is 0 Å². The van der Waals surface area contributed by atoms with E-state index < -0.39 is 0 Å². The number of rotatable bonds is 2. The Morgan fingerprint density at radius 2 is 1.65 bits per heavy atom. The minimum absolute atomic E-state index is 0.159. The predicted molar refractivity (Wildman–Crippen MR) is 100 cm³/mol. The molecular weight excluding hydrogens is 322 g/mol. The maximum atomic E-state index is 12.9. The van der Waals surface area contributed by atoms with E-state index in [0.717, 1.165) is 18.4 Å². The molecule has 0 radical (unpaired) electrons. The molecule has 2 spiro atoms. The molecule has 2 saturated heterocycles. The van der Waals surface area contributed by atoms with Crippen molar-refractivity contribution < 1.29 is 9.53 Å². The summed E-state index contributed by atoms with van der Waals surface area (Å²) in [5, 5.41) is 0. The summed E-state index contributed by atoms with van der Waals surface area (Å²) in [6.07, 6.45) is 14.1. The van der Waals surface area contributed by atoms with Gasteiger partial charge in [-0.2, -0.15) is 0 Å². The van der Waals surface area contributed by atoms with Crippen LogP contribution < -0.4 is 0 Å². The molecule has 6 rings (SSSR count). The first-order valence-electron chi connectivity index (χ1n) is 11.5. The summed E-state index contributed by atoms with van der Waals surface area (Å²) >= 11 is 0. The number of hydrogen-bond donors (Lipinski definition) is 0. The number of nitrogens with zero attached hydrogens (tertiary/aromatic N) is 1. The molecule has 2 aliphatic heterocycles. The summed E-state index contributed by atoms with van der Waals surface area (Å²) in [7, 11) is 0. The van der Waals surface area contributed by atoms with Crippen molar-refractivity contribution >= 4 is 5.97 Å². The van der Waals surface area contributed by atoms with Gasteiger partial charge in [0.25, 0.3) is 0 Å². The molecule has 6 fully saturated rings. The number of esters is 1. The number of carbonyl (C=O) groups excluding carboxylic acids is 1. The van der Waals surface area contributed by atoms with Crippen molar-refractivity contribution in [2.45, 2.75) is 77.2 Å². The fourth-order valence-electron chi connectivity index (χ4n) is 7.80. The van der Waals surface area contributed by atoms with Crippen molar-refractivity contribution in [3.63, 3.8) is 0 Å². The van der Waals surface area contributed by atoms with E-state index in [0.29, 0.717) is 22.7 Å². The molecule has 0 N–H and O–H groups in total. The SMILES string of the molecule is CC1CCN(CC2C(=O)O[C@@H]3[C@@H]4[C@@H](CCC45CC5)C4(CC[C@@H]23)CC4)CC1. The molecule has 5 atom stereocenters. The first-order valence-corrected chi connectivity index (χ1v) is 11.5. The largest absolute Gasteiger partial charge is 0.461 e. The monoisotopic (exact) mass is 357 g/mol. The van der Waals surface area contributed by atoms with Gasteiger partial charge < -0.3 is 9.64 Å². The number of hydrogen-bond acceptors (Lipinski definition) is 3. The minimum atomic E-state index is 0.159. The Labute approximate surface area is 158 Å². The Hall–Kier alpha value is -0.570. The molecule has 3 heteroatoms. The molecular formula is C23H35NO2. The van der Waals surface area contributed by atoms with Crippen molar-refractivity contribution in [1.29, 1.82) is 0 Å². The molecule has 1 unspecified atom stereocenters. The molecule has 0 amide bonds. The molecule has 4 aliphatic carbocycles. The van der Waals surface area contributed by atoms with Crippen LogP contribution in [0.2, 0.25) is 0 Å². The van der Waals surface area contributed by atoms with Crippen molar-refractivity contribution in [3.05, 3.63) is 0 Å². The summed E-state index contributed by atoms with van der Waals surface area (Å²) < 4.78 is 6.27. The van der Waals surface area contributed by atoms with E-state index in [9.17, 15) is 4.79 Å². The predicted octanol–water partition coefficient (Wildman–Crippen LogP) is 4.26. The van der Waals surface area contributed by atoms with Gasteiger partial charge in [0.15, 0.2) is 0 Å². The quantitative estimate of drug-likeness (QED) is 0.692. The zero-order valence-corrected chi connectivity index (χ0v) is 16.4. The van der Waals surface area contributed by atoms with Gasteiger partial charge in [0.05, 0.1) is 5.92 Å². The average Bonchev–Trinajstić information content (AvgIpc) is 3.52. The summed E-state index contributed by atoms with van der Waals surface area (Å²) in [4.78, 5) is 15.5. The number of ether oxygens (including phenoxy) is 1. The van der Waals surface area contributed by atoms with E-state index in [1.165, 1.54) is 77.3 Å². The third-order valence-corrected chi connectivity index (χ3v) is 9.82. The van der Waals surface area contributed by atoms with Gasteiger partial charge in [-0.05, 0) is 100.0 Å². The van der Waals surface area contributed by atoms with Crippen molar-refractivity contribution in [2.24, 2.45) is 40.4 Å². The van der Waals surface area contributed by atoms with Gasteiger partial charge in [0.1, 0.15) is 6.10 Å². The fraction of sp³-hybridized carbons (Fsp3) is 0.957. The van der Waals surface area contributed by atoms with Crippen LogP contribution in [0.5, 0.6) is 0 Å². The van der Waals surface area contributed by atoms with Crippen LogP contribution >= 0.6 is 0 Å². The lowest BCUT2D eigenvalue weighted by Crippen LogP contribution is -2.40. The molecule has 0 bridgehead atoms. The summed E-state index contributed by atoms with van der Waals surface area (Å²) in [5.74, 6) is 3.29. The second kappa shape index (κ2) is 5.49. The zero-order valence-electron chi connectivity index (χ0n) is 16.4. The minimum Gasteiger partial charge on any atom is -0.461 e. The van der Waals surface area contributed by atoms with Gasteiger partial charge in [-0.15, -0.1) is 0 Å². The Morgan fingerprint density at radius 1 is 0.962 bits per heavy atom. The highest BCUT2D eigenvalue weighted by Gasteiger charge is 2.69. The standard InChI is InChI=1S/C23H35NO2/c1-15-4-12-24(13-5-15)14-17-16-2-6-22(8-9-22)18-3-7-23(10-11-23)19(18)20(16)26-21(17)25/h15-20H,2-14H2,1H3/t16-,17?,18+,19-,20-/m0/s1. The molecule has 144 valence electrons. The molecule has 3 nitrogen and oxygen atoms in total. The van der Waals surface area contributed by atoms with E-state index in [1.54, 1.807) is 0 Å². The second-order valence-electron chi connectivity index (χ2n) is 11.1. The molecule has 0 aromatic carbocycles. The van der Waals surface area contributed by atoms with Crippen molar-refractivity contribution in [2.75, 3.05) is 19.6 Å². The van der Waals surface area contributed by atoms with Gasteiger partial charge >= 0.3 is 5.97 Å². The Morgan fingerprint density at radius 3 is 2.35 bits per heavy atom. The molecule has 4 saturated carbocycles. The van der Waals surface area contributed by atoms with E-state index in [1.807, 2.05) is 0 Å². The van der Waals surface area contributed by atoms with Gasteiger partial charge in [0.2, 0.25) is 0 Å². The van der Waals surface area contributed by atoms with Gasteiger partial charge in [0, 0.05) is 18.4 Å². The summed E-state index contributed by atoms with van der Waals surface area (Å²) in [5.41, 5.74) is 1.25. The van der Waals surface area contributed by atoms with E-state index in [-0.39, 0.29) is 18.0 Å². The third-order valence-electron chi connectivity index (χ3n) is 9.82. The lowest BCUT2D eigenvalue weighted by molar-refractivity contribution is -0.148. The Balaban J connectivity index is 1.26. The number of likely N-dealkylation sites (tertiary alicyclic amines) is 1. The van der Waals surface area contributed by atoms with Crippen LogP contribution in [0.1, 0.15) is 71.1 Å². The maximum absolute atomic E-state index is 12.9. The van der Waals surface area contributed by atoms with Crippen molar-refractivity contribution in [3.8, 4) is 0 Å². The van der Waals surface area contributed by atoms with Crippen LogP contribution in [0.15, 0.2) is 0 Å². The summed E-state index contributed by atoms with van der Waals surface area (Å²) in [6.45, 7) is 5.71. The lowest BCUT2D eigenvalue weighted by atomic mass is 9.73. The molecule has 2 heterocycles. The van der Waals surface area contributed by atoms with E-state index in [4.69, 9.17) is 4.74 Å². The van der Waals surface area contributed by atoms with Gasteiger partial charge in [-0.3, -0.25) is 4.79 Å². The highest BCUT2D eigenvalue weighted by Crippen LogP contribution is 2.75. The number of fused-ring (bicyclic) bond motifs is 5. The third kappa shape index (κ3) is 2.31. The van der Waals surface area contributed by atoms with Crippen LogP contribution in [-0.4, -0.2) is 36.6 Å². The first-order chi connectivity index (χ1) is 12.6. The van der Waals surface area contributed by atoms with E-state index >= 15 is 0 Å². The van der Waals surface area contributed by atoms with Gasteiger partial charge in [-0.25, -0.2) is 0 Å². The average molecular weight is 358 g/mol. The highest BCUT2D eigenvalue weighted by molar-refractivity contribution is 5.75. The normalized spacial score (nSPS) is 46.0. The fourth-order valence-corrected chi connectivity index (χ4v) is 7.80. The van der Waals surface area contributed by atoms with Gasteiger partial charge in [-0.1, -0.05) is 6.92 Å². The summed E-state index contributed by atoms with van der Waals surface area (Å²) in [6, 6.07) is 0. The molecule has 0 aromatic heterocycles. The smallest absolute Gasteiger partial charge is 0.310 e. The Bertz CT molecular complexity index is 599. The molecule has 0 aromatic rings. The van der Waals surface area contributed by atoms with Crippen molar-refractivity contribution in [1.82, 2.24) is 4.90 Å².